The van der Waals surface area contributed by atoms with Gasteiger partial charge < -0.3 is 0 Å². The summed E-state index contributed by atoms with van der Waals surface area (Å²) in [6.45, 7) is 2.02. The molecule has 0 aliphatic carbocycles. The number of aryl methyl sites for hydroxylation is 2. The van der Waals surface area contributed by atoms with Gasteiger partial charge in [-0.25, -0.2) is 0 Å². The number of nitrogens with zero attached hydrogens (tertiary/aromatic N) is 1. The van der Waals surface area contributed by atoms with Gasteiger partial charge in [0.1, 0.15) is 0 Å². The van der Waals surface area contributed by atoms with Crippen molar-refractivity contribution in [2.75, 3.05) is 5.01 Å². The standard InChI is InChI=1S/C18H20N2O/c1-2-7-18(21)19-20-16-10-5-3-8-14(16)12-13-15-9-4-6-11-17(15)20/h3-6,8-11H,2,7,12-13H2,1H3,(H,19,21). The molecule has 0 saturated carbocycles. The van der Waals surface area contributed by atoms with Gasteiger partial charge in [-0.1, -0.05) is 43.3 Å². The Labute approximate surface area is 125 Å². The molecule has 21 heavy (non-hydrogen) atoms. The van der Waals surface area contributed by atoms with Crippen molar-refractivity contribution in [1.82, 2.24) is 5.43 Å². The van der Waals surface area contributed by atoms with Gasteiger partial charge in [-0.3, -0.25) is 15.2 Å². The summed E-state index contributed by atoms with van der Waals surface area (Å²) < 4.78 is 0. The first-order valence-corrected chi connectivity index (χ1v) is 7.55. The third-order valence-corrected chi connectivity index (χ3v) is 3.84. The topological polar surface area (TPSA) is 32.3 Å². The normalized spacial score (nSPS) is 13.1. The highest BCUT2D eigenvalue weighted by Crippen LogP contribution is 2.34. The number of hydrazine groups is 1. The summed E-state index contributed by atoms with van der Waals surface area (Å²) in [5, 5.41) is 1.95. The number of amides is 1. The number of anilines is 2. The zero-order valence-electron chi connectivity index (χ0n) is 12.3. The Morgan fingerprint density at radius 3 is 2.05 bits per heavy atom. The van der Waals surface area contributed by atoms with Gasteiger partial charge in [0.25, 0.3) is 0 Å². The molecular formula is C18H20N2O. The number of benzene rings is 2. The van der Waals surface area contributed by atoms with E-state index in [0.29, 0.717) is 6.42 Å². The lowest BCUT2D eigenvalue weighted by Crippen LogP contribution is -2.39. The van der Waals surface area contributed by atoms with Crippen LogP contribution in [0.3, 0.4) is 0 Å². The number of rotatable bonds is 3. The monoisotopic (exact) mass is 280 g/mol. The molecule has 3 heteroatoms. The Bertz CT molecular complexity index is 604. The Balaban J connectivity index is 2.04. The summed E-state index contributed by atoms with van der Waals surface area (Å²) >= 11 is 0. The molecule has 0 spiro atoms. The van der Waals surface area contributed by atoms with Crippen molar-refractivity contribution in [3.63, 3.8) is 0 Å². The number of hydrogen-bond acceptors (Lipinski definition) is 2. The van der Waals surface area contributed by atoms with Crippen LogP contribution in [-0.4, -0.2) is 5.91 Å². The van der Waals surface area contributed by atoms with Crippen LogP contribution in [0.1, 0.15) is 30.9 Å². The molecule has 3 nitrogen and oxygen atoms in total. The molecule has 0 radical (unpaired) electrons. The predicted molar refractivity (Wildman–Crippen MR) is 85.5 cm³/mol. The van der Waals surface area contributed by atoms with Gasteiger partial charge in [0.2, 0.25) is 5.91 Å². The van der Waals surface area contributed by atoms with E-state index in [-0.39, 0.29) is 5.91 Å². The average molecular weight is 280 g/mol. The van der Waals surface area contributed by atoms with Crippen LogP contribution in [0.15, 0.2) is 48.5 Å². The third-order valence-electron chi connectivity index (χ3n) is 3.84. The lowest BCUT2D eigenvalue weighted by atomic mass is 10.0. The maximum absolute atomic E-state index is 12.1. The van der Waals surface area contributed by atoms with Gasteiger partial charge in [-0.2, -0.15) is 0 Å². The van der Waals surface area contributed by atoms with Crippen LogP contribution in [-0.2, 0) is 17.6 Å². The fraction of sp³-hybridized carbons (Fsp3) is 0.278. The van der Waals surface area contributed by atoms with Crippen molar-refractivity contribution < 1.29 is 4.79 Å². The second-order valence-corrected chi connectivity index (χ2v) is 5.38. The minimum absolute atomic E-state index is 0.0593. The molecular weight excluding hydrogens is 260 g/mol. The number of carbonyl (C=O) groups is 1. The van der Waals surface area contributed by atoms with Crippen LogP contribution in [0.25, 0.3) is 0 Å². The van der Waals surface area contributed by atoms with E-state index in [9.17, 15) is 4.79 Å². The summed E-state index contributed by atoms with van der Waals surface area (Å²) in [5.74, 6) is 0.0593. The molecule has 3 rings (SSSR count). The molecule has 1 amide bonds. The zero-order chi connectivity index (χ0) is 14.7. The van der Waals surface area contributed by atoms with Gasteiger partial charge in [0.05, 0.1) is 11.4 Å². The van der Waals surface area contributed by atoms with E-state index in [1.165, 1.54) is 11.1 Å². The smallest absolute Gasteiger partial charge is 0.238 e. The average Bonchev–Trinajstić information content (AvgIpc) is 2.66. The molecule has 0 unspecified atom stereocenters. The summed E-state index contributed by atoms with van der Waals surface area (Å²) in [5.41, 5.74) is 7.76. The Hall–Kier alpha value is -2.29. The van der Waals surface area contributed by atoms with Crippen LogP contribution in [0.4, 0.5) is 11.4 Å². The zero-order valence-corrected chi connectivity index (χ0v) is 12.3. The van der Waals surface area contributed by atoms with E-state index in [1.807, 2.05) is 24.1 Å². The minimum atomic E-state index is 0.0593. The van der Waals surface area contributed by atoms with Crippen molar-refractivity contribution >= 4 is 17.3 Å². The second-order valence-electron chi connectivity index (χ2n) is 5.38. The van der Waals surface area contributed by atoms with E-state index < -0.39 is 0 Å². The van der Waals surface area contributed by atoms with E-state index in [4.69, 9.17) is 0 Å². The first-order valence-electron chi connectivity index (χ1n) is 7.55. The Morgan fingerprint density at radius 2 is 1.52 bits per heavy atom. The van der Waals surface area contributed by atoms with Gasteiger partial charge in [-0.15, -0.1) is 0 Å². The molecule has 1 heterocycles. The molecule has 1 N–H and O–H groups in total. The molecule has 1 aliphatic rings. The van der Waals surface area contributed by atoms with Crippen LogP contribution in [0.5, 0.6) is 0 Å². The number of hydrogen-bond donors (Lipinski definition) is 1. The molecule has 1 aliphatic heterocycles. The molecule has 0 bridgehead atoms. The molecule has 0 saturated heterocycles. The number of nitrogens with one attached hydrogen (secondary N) is 1. The highest BCUT2D eigenvalue weighted by Gasteiger charge is 2.21. The Kier molecular flexibility index (Phi) is 3.91. The van der Waals surface area contributed by atoms with Crippen LogP contribution in [0, 0.1) is 0 Å². The van der Waals surface area contributed by atoms with Crippen molar-refractivity contribution in [2.45, 2.75) is 32.6 Å². The molecule has 2 aromatic carbocycles. The first-order chi connectivity index (χ1) is 10.3. The lowest BCUT2D eigenvalue weighted by molar-refractivity contribution is -0.121. The molecule has 0 aromatic heterocycles. The maximum atomic E-state index is 12.1. The highest BCUT2D eigenvalue weighted by atomic mass is 16.2. The SMILES string of the molecule is CCCC(=O)NN1c2ccccc2CCc2ccccc21. The summed E-state index contributed by atoms with van der Waals surface area (Å²) in [4.78, 5) is 12.1. The summed E-state index contributed by atoms with van der Waals surface area (Å²) in [6, 6.07) is 16.6. The van der Waals surface area contributed by atoms with Crippen LogP contribution in [0.2, 0.25) is 0 Å². The summed E-state index contributed by atoms with van der Waals surface area (Å²) in [7, 11) is 0. The fourth-order valence-electron chi connectivity index (χ4n) is 2.81. The second kappa shape index (κ2) is 6.00. The van der Waals surface area contributed by atoms with Crippen molar-refractivity contribution in [3.8, 4) is 0 Å². The first kappa shape index (κ1) is 13.7. The largest absolute Gasteiger partial charge is 0.273 e. The van der Waals surface area contributed by atoms with Gasteiger partial charge in [0.15, 0.2) is 0 Å². The maximum Gasteiger partial charge on any atom is 0.238 e. The third kappa shape index (κ3) is 2.77. The fourth-order valence-corrected chi connectivity index (χ4v) is 2.81. The van der Waals surface area contributed by atoms with E-state index >= 15 is 0 Å². The number of carbonyl (C=O) groups excluding carboxylic acids is 1. The van der Waals surface area contributed by atoms with E-state index in [2.05, 4.69) is 41.8 Å². The molecule has 0 atom stereocenters. The van der Waals surface area contributed by atoms with Gasteiger partial charge in [0, 0.05) is 6.42 Å². The molecule has 2 aromatic rings. The highest BCUT2D eigenvalue weighted by molar-refractivity contribution is 5.82. The number of para-hydroxylation sites is 2. The van der Waals surface area contributed by atoms with Crippen molar-refractivity contribution in [3.05, 3.63) is 59.7 Å². The van der Waals surface area contributed by atoms with Gasteiger partial charge in [-0.05, 0) is 42.5 Å². The minimum Gasteiger partial charge on any atom is -0.273 e. The lowest BCUT2D eigenvalue weighted by Gasteiger charge is -2.27. The van der Waals surface area contributed by atoms with Crippen LogP contribution >= 0.6 is 0 Å². The van der Waals surface area contributed by atoms with Gasteiger partial charge >= 0.3 is 0 Å². The van der Waals surface area contributed by atoms with E-state index in [0.717, 1.165) is 30.6 Å². The molecule has 108 valence electrons. The van der Waals surface area contributed by atoms with Crippen LogP contribution < -0.4 is 10.4 Å². The summed E-state index contributed by atoms with van der Waals surface area (Å²) in [6.07, 6.45) is 3.38. The predicted octanol–water partition coefficient (Wildman–Crippen LogP) is 3.75. The van der Waals surface area contributed by atoms with E-state index in [1.54, 1.807) is 0 Å². The Morgan fingerprint density at radius 1 is 1.00 bits per heavy atom. The van der Waals surface area contributed by atoms with Crippen molar-refractivity contribution in [1.29, 1.82) is 0 Å². The number of fused-ring (bicyclic) bond motifs is 2. The quantitative estimate of drug-likeness (QED) is 0.928. The van der Waals surface area contributed by atoms with Crippen molar-refractivity contribution in [2.24, 2.45) is 0 Å². The molecule has 0 fully saturated rings.